The molecule has 0 unspecified atom stereocenters. The fourth-order valence-electron chi connectivity index (χ4n) is 2.10. The van der Waals surface area contributed by atoms with Gasteiger partial charge in [-0.2, -0.15) is 0 Å². The highest BCUT2D eigenvalue weighted by molar-refractivity contribution is 5.92. The third-order valence-corrected chi connectivity index (χ3v) is 3.34. The fourth-order valence-corrected chi connectivity index (χ4v) is 2.10. The van der Waals surface area contributed by atoms with Gasteiger partial charge in [-0.3, -0.25) is 4.79 Å². The van der Waals surface area contributed by atoms with Gasteiger partial charge in [-0.1, -0.05) is 31.5 Å². The molecular weight excluding hydrogens is 279 g/mol. The molecule has 0 aliphatic rings. The lowest BCUT2D eigenvalue weighted by Gasteiger charge is -2.08. The lowest BCUT2D eigenvalue weighted by atomic mass is 10.1. The molecule has 0 saturated heterocycles. The smallest absolute Gasteiger partial charge is 0.228 e. The van der Waals surface area contributed by atoms with Crippen LogP contribution >= 0.6 is 0 Å². The van der Waals surface area contributed by atoms with Crippen molar-refractivity contribution in [2.24, 2.45) is 0 Å². The minimum Gasteiger partial charge on any atom is -0.385 e. The summed E-state index contributed by atoms with van der Waals surface area (Å²) in [6.07, 6.45) is 2.31. The Morgan fingerprint density at radius 3 is 2.41 bits per heavy atom. The van der Waals surface area contributed by atoms with Crippen LogP contribution in [0.25, 0.3) is 0 Å². The van der Waals surface area contributed by atoms with Gasteiger partial charge in [-0.15, -0.1) is 0 Å². The number of benzene rings is 2. The van der Waals surface area contributed by atoms with Gasteiger partial charge in [0.05, 0.1) is 6.42 Å². The summed E-state index contributed by atoms with van der Waals surface area (Å²) in [4.78, 5) is 11.9. The molecule has 2 aromatic rings. The summed E-state index contributed by atoms with van der Waals surface area (Å²) in [5.74, 6) is -0.579. The molecule has 0 fully saturated rings. The van der Waals surface area contributed by atoms with E-state index in [-0.39, 0.29) is 18.1 Å². The largest absolute Gasteiger partial charge is 0.385 e. The zero-order chi connectivity index (χ0) is 15.8. The number of anilines is 2. The van der Waals surface area contributed by atoms with Gasteiger partial charge in [0.25, 0.3) is 0 Å². The van der Waals surface area contributed by atoms with E-state index in [1.807, 2.05) is 24.3 Å². The van der Waals surface area contributed by atoms with Crippen LogP contribution in [-0.2, 0) is 11.2 Å². The van der Waals surface area contributed by atoms with Gasteiger partial charge in [0.1, 0.15) is 5.82 Å². The number of hydrogen-bond donors (Lipinski definition) is 2. The molecule has 2 aromatic carbocycles. The Bertz CT molecular complexity index is 611. The average Bonchev–Trinajstić information content (AvgIpc) is 2.51. The standard InChI is InChI=1S/C18H21FN2O/c1-2-3-12-20-15-8-10-16(11-9-15)21-18(22)13-14-6-4-5-7-17(14)19/h4-11,20H,2-3,12-13H2,1H3,(H,21,22). The number of nitrogens with one attached hydrogen (secondary N) is 2. The highest BCUT2D eigenvalue weighted by atomic mass is 19.1. The molecule has 0 aliphatic carbocycles. The van der Waals surface area contributed by atoms with Crippen LogP contribution in [0.2, 0.25) is 0 Å². The molecular formula is C18H21FN2O. The van der Waals surface area contributed by atoms with E-state index in [1.165, 1.54) is 6.07 Å². The topological polar surface area (TPSA) is 41.1 Å². The highest BCUT2D eigenvalue weighted by Crippen LogP contribution is 2.15. The second-order valence-electron chi connectivity index (χ2n) is 5.17. The van der Waals surface area contributed by atoms with Crippen LogP contribution in [0.1, 0.15) is 25.3 Å². The molecule has 0 heterocycles. The molecule has 116 valence electrons. The molecule has 0 atom stereocenters. The van der Waals surface area contributed by atoms with Crippen LogP contribution < -0.4 is 10.6 Å². The molecule has 0 saturated carbocycles. The molecule has 0 bridgehead atoms. The van der Waals surface area contributed by atoms with Crippen molar-refractivity contribution < 1.29 is 9.18 Å². The second-order valence-corrected chi connectivity index (χ2v) is 5.17. The highest BCUT2D eigenvalue weighted by Gasteiger charge is 2.07. The summed E-state index contributed by atoms with van der Waals surface area (Å²) in [5.41, 5.74) is 2.14. The monoisotopic (exact) mass is 300 g/mol. The van der Waals surface area contributed by atoms with Crippen molar-refractivity contribution in [1.82, 2.24) is 0 Å². The number of amides is 1. The first-order valence-corrected chi connectivity index (χ1v) is 7.56. The number of rotatable bonds is 7. The predicted molar refractivity (Wildman–Crippen MR) is 88.6 cm³/mol. The Balaban J connectivity index is 1.88. The van der Waals surface area contributed by atoms with Crippen LogP contribution in [0.3, 0.4) is 0 Å². The lowest BCUT2D eigenvalue weighted by molar-refractivity contribution is -0.115. The predicted octanol–water partition coefficient (Wildman–Crippen LogP) is 4.22. The average molecular weight is 300 g/mol. The Kier molecular flexibility index (Phi) is 5.95. The minimum atomic E-state index is -0.354. The third kappa shape index (κ3) is 4.88. The second kappa shape index (κ2) is 8.17. The maximum atomic E-state index is 13.5. The summed E-state index contributed by atoms with van der Waals surface area (Å²) in [6, 6.07) is 13.8. The van der Waals surface area contributed by atoms with Crippen LogP contribution in [0, 0.1) is 5.82 Å². The number of unbranched alkanes of at least 4 members (excludes halogenated alkanes) is 1. The molecule has 2 N–H and O–H groups in total. The van der Waals surface area contributed by atoms with E-state index in [2.05, 4.69) is 17.6 Å². The SMILES string of the molecule is CCCCNc1ccc(NC(=O)Cc2ccccc2F)cc1. The quantitative estimate of drug-likeness (QED) is 0.752. The van der Waals surface area contributed by atoms with Gasteiger partial charge >= 0.3 is 0 Å². The van der Waals surface area contributed by atoms with Crippen molar-refractivity contribution in [1.29, 1.82) is 0 Å². The minimum absolute atomic E-state index is 0.0309. The Hall–Kier alpha value is -2.36. The van der Waals surface area contributed by atoms with E-state index >= 15 is 0 Å². The van der Waals surface area contributed by atoms with Gasteiger partial charge in [0.15, 0.2) is 0 Å². The molecule has 22 heavy (non-hydrogen) atoms. The van der Waals surface area contributed by atoms with Gasteiger partial charge in [-0.25, -0.2) is 4.39 Å². The Morgan fingerprint density at radius 2 is 1.73 bits per heavy atom. The zero-order valence-electron chi connectivity index (χ0n) is 12.7. The van der Waals surface area contributed by atoms with Gasteiger partial charge in [0.2, 0.25) is 5.91 Å². The van der Waals surface area contributed by atoms with Gasteiger partial charge < -0.3 is 10.6 Å². The van der Waals surface area contributed by atoms with E-state index in [1.54, 1.807) is 18.2 Å². The van der Waals surface area contributed by atoms with Crippen molar-refractivity contribution >= 4 is 17.3 Å². The van der Waals surface area contributed by atoms with Crippen molar-refractivity contribution in [3.8, 4) is 0 Å². The first-order valence-electron chi connectivity index (χ1n) is 7.56. The van der Waals surface area contributed by atoms with Crippen molar-refractivity contribution in [3.63, 3.8) is 0 Å². The molecule has 2 rings (SSSR count). The van der Waals surface area contributed by atoms with Gasteiger partial charge in [0, 0.05) is 17.9 Å². The summed E-state index contributed by atoms with van der Waals surface area (Å²) < 4.78 is 13.5. The molecule has 0 aliphatic heterocycles. The number of carbonyl (C=O) groups excluding carboxylic acids is 1. The van der Waals surface area contributed by atoms with E-state index in [9.17, 15) is 9.18 Å². The molecule has 0 aromatic heterocycles. The first kappa shape index (κ1) is 16.0. The van der Waals surface area contributed by atoms with Crippen molar-refractivity contribution in [3.05, 3.63) is 59.9 Å². The van der Waals surface area contributed by atoms with Gasteiger partial charge in [-0.05, 0) is 42.3 Å². The lowest BCUT2D eigenvalue weighted by Crippen LogP contribution is -2.15. The van der Waals surface area contributed by atoms with Crippen LogP contribution in [0.4, 0.5) is 15.8 Å². The van der Waals surface area contributed by atoms with Crippen molar-refractivity contribution in [2.75, 3.05) is 17.2 Å². The maximum Gasteiger partial charge on any atom is 0.228 e. The van der Waals surface area contributed by atoms with E-state index in [4.69, 9.17) is 0 Å². The molecule has 0 radical (unpaired) electrons. The van der Waals surface area contributed by atoms with E-state index in [0.717, 1.165) is 25.1 Å². The van der Waals surface area contributed by atoms with Crippen LogP contribution in [0.15, 0.2) is 48.5 Å². The summed E-state index contributed by atoms with van der Waals surface area (Å²) in [5, 5.41) is 6.09. The summed E-state index contributed by atoms with van der Waals surface area (Å²) in [6.45, 7) is 3.09. The fraction of sp³-hybridized carbons (Fsp3) is 0.278. The summed E-state index contributed by atoms with van der Waals surface area (Å²) >= 11 is 0. The molecule has 3 nitrogen and oxygen atoms in total. The maximum absolute atomic E-state index is 13.5. The zero-order valence-corrected chi connectivity index (χ0v) is 12.7. The number of hydrogen-bond acceptors (Lipinski definition) is 2. The van der Waals surface area contributed by atoms with Crippen LogP contribution in [-0.4, -0.2) is 12.5 Å². The van der Waals surface area contributed by atoms with Crippen molar-refractivity contribution in [2.45, 2.75) is 26.2 Å². The molecule has 0 spiro atoms. The molecule has 1 amide bonds. The molecule has 4 heteroatoms. The third-order valence-electron chi connectivity index (χ3n) is 3.34. The summed E-state index contributed by atoms with van der Waals surface area (Å²) in [7, 11) is 0. The first-order chi connectivity index (χ1) is 10.7. The van der Waals surface area contributed by atoms with E-state index in [0.29, 0.717) is 11.3 Å². The normalized spacial score (nSPS) is 10.3. The number of carbonyl (C=O) groups is 1. The Morgan fingerprint density at radius 1 is 1.05 bits per heavy atom. The number of halogens is 1. The van der Waals surface area contributed by atoms with E-state index < -0.39 is 0 Å². The Labute approximate surface area is 130 Å². The van der Waals surface area contributed by atoms with Crippen LogP contribution in [0.5, 0.6) is 0 Å².